The number of pyridine rings is 1. The predicted octanol–water partition coefficient (Wildman–Crippen LogP) is 4.10. The average molecular weight is 386 g/mol. The summed E-state index contributed by atoms with van der Waals surface area (Å²) in [5.41, 5.74) is 6.06. The predicted molar refractivity (Wildman–Crippen MR) is 113 cm³/mol. The van der Waals surface area contributed by atoms with Gasteiger partial charge in [0.15, 0.2) is 0 Å². The maximum Gasteiger partial charge on any atom is 0.274 e. The van der Waals surface area contributed by atoms with Gasteiger partial charge in [0.25, 0.3) is 5.91 Å². The molecular formula is C24H26N4O. The van der Waals surface area contributed by atoms with Crippen LogP contribution in [0.1, 0.15) is 57.5 Å². The van der Waals surface area contributed by atoms with Gasteiger partial charge in [-0.25, -0.2) is 4.98 Å². The molecule has 1 saturated heterocycles. The quantitative estimate of drug-likeness (QED) is 0.677. The molecule has 29 heavy (non-hydrogen) atoms. The van der Waals surface area contributed by atoms with E-state index in [0.29, 0.717) is 11.6 Å². The minimum Gasteiger partial charge on any atom is -0.337 e. The van der Waals surface area contributed by atoms with E-state index in [1.54, 1.807) is 12.4 Å². The van der Waals surface area contributed by atoms with Gasteiger partial charge >= 0.3 is 0 Å². The summed E-state index contributed by atoms with van der Waals surface area (Å²) < 4.78 is 0. The molecule has 3 aromatic rings. The summed E-state index contributed by atoms with van der Waals surface area (Å²) in [5, 5.41) is 0. The second kappa shape index (κ2) is 8.52. The zero-order valence-electron chi connectivity index (χ0n) is 17.0. The highest BCUT2D eigenvalue weighted by Gasteiger charge is 2.26. The fourth-order valence-electron chi connectivity index (χ4n) is 3.95. The molecule has 0 N–H and O–H groups in total. The summed E-state index contributed by atoms with van der Waals surface area (Å²) >= 11 is 0. The summed E-state index contributed by atoms with van der Waals surface area (Å²) in [6, 6.07) is 14.9. The van der Waals surface area contributed by atoms with E-state index in [9.17, 15) is 4.79 Å². The molecule has 1 fully saturated rings. The molecule has 0 spiro atoms. The number of carbonyl (C=O) groups is 1. The Labute approximate surface area is 171 Å². The molecule has 1 aliphatic rings. The number of hydrogen-bond acceptors (Lipinski definition) is 4. The Morgan fingerprint density at radius 3 is 2.41 bits per heavy atom. The molecule has 5 nitrogen and oxygen atoms in total. The van der Waals surface area contributed by atoms with Gasteiger partial charge in [-0.05, 0) is 56.4 Å². The first-order chi connectivity index (χ1) is 14.1. The van der Waals surface area contributed by atoms with E-state index in [4.69, 9.17) is 4.98 Å². The molecule has 1 aliphatic heterocycles. The highest BCUT2D eigenvalue weighted by atomic mass is 16.2. The molecule has 3 heterocycles. The lowest BCUT2D eigenvalue weighted by molar-refractivity contribution is 0.0705. The molecule has 0 saturated carbocycles. The summed E-state index contributed by atoms with van der Waals surface area (Å²) in [7, 11) is 0. The van der Waals surface area contributed by atoms with E-state index < -0.39 is 0 Å². The molecular weight excluding hydrogens is 360 g/mol. The third-order valence-corrected chi connectivity index (χ3v) is 5.48. The van der Waals surface area contributed by atoms with Crippen LogP contribution in [0.2, 0.25) is 0 Å². The monoisotopic (exact) mass is 386 g/mol. The van der Waals surface area contributed by atoms with Crippen molar-refractivity contribution in [2.45, 2.75) is 39.0 Å². The number of nitrogens with zero attached hydrogens (tertiary/aromatic N) is 4. The number of piperidine rings is 1. The van der Waals surface area contributed by atoms with Crippen LogP contribution in [0, 0.1) is 13.8 Å². The average Bonchev–Trinajstić information content (AvgIpc) is 2.74. The first-order valence-electron chi connectivity index (χ1n) is 10.2. The third kappa shape index (κ3) is 4.67. The first-order valence-corrected chi connectivity index (χ1v) is 10.2. The van der Waals surface area contributed by atoms with Gasteiger partial charge in [0.2, 0.25) is 0 Å². The van der Waals surface area contributed by atoms with E-state index >= 15 is 0 Å². The Kier molecular flexibility index (Phi) is 5.65. The maximum absolute atomic E-state index is 12.7. The lowest BCUT2D eigenvalue weighted by Crippen LogP contribution is -2.38. The molecule has 0 unspecified atom stereocenters. The van der Waals surface area contributed by atoms with Crippen LogP contribution >= 0.6 is 0 Å². The van der Waals surface area contributed by atoms with Gasteiger partial charge in [0.05, 0.1) is 11.9 Å². The molecule has 1 amide bonds. The van der Waals surface area contributed by atoms with Crippen molar-refractivity contribution in [3.05, 3.63) is 88.8 Å². The SMILES string of the molecule is Cc1cnc(C(=O)N2CCC(c3cc(Cc4ccccc4)cc(C)n3)CC2)cn1. The number of rotatable bonds is 4. The summed E-state index contributed by atoms with van der Waals surface area (Å²) in [6.07, 6.45) is 5.98. The lowest BCUT2D eigenvalue weighted by atomic mass is 9.91. The lowest BCUT2D eigenvalue weighted by Gasteiger charge is -2.31. The normalized spacial score (nSPS) is 14.8. The van der Waals surface area contributed by atoms with Crippen LogP contribution < -0.4 is 0 Å². The van der Waals surface area contributed by atoms with Crippen LogP contribution in [0.5, 0.6) is 0 Å². The summed E-state index contributed by atoms with van der Waals surface area (Å²) in [6.45, 7) is 5.38. The number of hydrogen-bond donors (Lipinski definition) is 0. The Hall–Kier alpha value is -3.08. The molecule has 4 rings (SSSR count). The van der Waals surface area contributed by atoms with E-state index in [-0.39, 0.29) is 5.91 Å². The van der Waals surface area contributed by atoms with Crippen LogP contribution in [0.25, 0.3) is 0 Å². The first kappa shape index (κ1) is 19.2. The van der Waals surface area contributed by atoms with E-state index in [0.717, 1.165) is 49.4 Å². The number of likely N-dealkylation sites (tertiary alicyclic amines) is 1. The van der Waals surface area contributed by atoms with Crippen LogP contribution in [0.15, 0.2) is 54.9 Å². The van der Waals surface area contributed by atoms with Gasteiger partial charge in [0, 0.05) is 36.6 Å². The standard InChI is InChI=1S/C24H26N4O/c1-17-12-20(13-19-6-4-3-5-7-19)14-22(27-17)21-8-10-28(11-9-21)24(29)23-16-25-18(2)15-26-23/h3-7,12,14-16,21H,8-11,13H2,1-2H3. The van der Waals surface area contributed by atoms with Gasteiger partial charge < -0.3 is 4.90 Å². The van der Waals surface area contributed by atoms with Crippen LogP contribution in [0.4, 0.5) is 0 Å². The highest BCUT2D eigenvalue weighted by molar-refractivity contribution is 5.92. The number of aryl methyl sites for hydroxylation is 2. The third-order valence-electron chi connectivity index (χ3n) is 5.48. The molecule has 0 bridgehead atoms. The fraction of sp³-hybridized carbons (Fsp3) is 0.333. The van der Waals surface area contributed by atoms with Crippen molar-refractivity contribution < 1.29 is 4.79 Å². The van der Waals surface area contributed by atoms with Gasteiger partial charge in [-0.1, -0.05) is 30.3 Å². The Morgan fingerprint density at radius 1 is 0.966 bits per heavy atom. The maximum atomic E-state index is 12.7. The molecule has 2 aromatic heterocycles. The Bertz CT molecular complexity index is 978. The van der Waals surface area contributed by atoms with Crippen molar-refractivity contribution in [3.8, 4) is 0 Å². The fourth-order valence-corrected chi connectivity index (χ4v) is 3.95. The number of benzene rings is 1. The number of aromatic nitrogens is 3. The van der Waals surface area contributed by atoms with Crippen LogP contribution in [-0.2, 0) is 6.42 Å². The topological polar surface area (TPSA) is 59.0 Å². The zero-order chi connectivity index (χ0) is 20.2. The largest absolute Gasteiger partial charge is 0.337 e. The van der Waals surface area contributed by atoms with E-state index in [1.807, 2.05) is 17.9 Å². The Morgan fingerprint density at radius 2 is 1.72 bits per heavy atom. The number of amides is 1. The van der Waals surface area contributed by atoms with Crippen LogP contribution in [-0.4, -0.2) is 38.8 Å². The smallest absolute Gasteiger partial charge is 0.274 e. The van der Waals surface area contributed by atoms with Gasteiger partial charge in [-0.15, -0.1) is 0 Å². The molecule has 5 heteroatoms. The molecule has 0 atom stereocenters. The molecule has 1 aromatic carbocycles. The Balaban J connectivity index is 1.43. The van der Waals surface area contributed by atoms with Crippen molar-refractivity contribution in [2.24, 2.45) is 0 Å². The minimum atomic E-state index is -0.0297. The van der Waals surface area contributed by atoms with Crippen molar-refractivity contribution in [3.63, 3.8) is 0 Å². The highest BCUT2D eigenvalue weighted by Crippen LogP contribution is 2.28. The van der Waals surface area contributed by atoms with Crippen molar-refractivity contribution in [1.29, 1.82) is 0 Å². The second-order valence-electron chi connectivity index (χ2n) is 7.81. The summed E-state index contributed by atoms with van der Waals surface area (Å²) in [4.78, 5) is 27.8. The van der Waals surface area contributed by atoms with E-state index in [2.05, 4.69) is 53.3 Å². The van der Waals surface area contributed by atoms with Gasteiger partial charge in [0.1, 0.15) is 5.69 Å². The van der Waals surface area contributed by atoms with E-state index in [1.165, 1.54) is 11.1 Å². The van der Waals surface area contributed by atoms with Crippen LogP contribution in [0.3, 0.4) is 0 Å². The van der Waals surface area contributed by atoms with Crippen molar-refractivity contribution in [2.75, 3.05) is 13.1 Å². The van der Waals surface area contributed by atoms with Gasteiger partial charge in [-0.3, -0.25) is 14.8 Å². The van der Waals surface area contributed by atoms with Gasteiger partial charge in [-0.2, -0.15) is 0 Å². The molecule has 148 valence electrons. The van der Waals surface area contributed by atoms with Crippen molar-refractivity contribution in [1.82, 2.24) is 19.9 Å². The number of carbonyl (C=O) groups excluding carboxylic acids is 1. The molecule has 0 radical (unpaired) electrons. The molecule has 0 aliphatic carbocycles. The zero-order valence-corrected chi connectivity index (χ0v) is 17.0. The minimum absolute atomic E-state index is 0.0297. The van der Waals surface area contributed by atoms with Crippen molar-refractivity contribution >= 4 is 5.91 Å². The summed E-state index contributed by atoms with van der Waals surface area (Å²) in [5.74, 6) is 0.357. The second-order valence-corrected chi connectivity index (χ2v) is 7.81.